The van der Waals surface area contributed by atoms with Crippen LogP contribution in [-0.4, -0.2) is 31.5 Å². The van der Waals surface area contributed by atoms with Crippen molar-refractivity contribution in [2.45, 2.75) is 12.8 Å². The highest BCUT2D eigenvalue weighted by atomic mass is 32.1. The van der Waals surface area contributed by atoms with E-state index in [0.717, 1.165) is 5.75 Å². The molecule has 0 unspecified atom stereocenters. The number of hydrogen-bond donors (Lipinski definition) is 2. The van der Waals surface area contributed by atoms with E-state index in [-0.39, 0.29) is 11.8 Å². The Bertz CT molecular complexity index is 600. The Morgan fingerprint density at radius 1 is 1.04 bits per heavy atom. The van der Waals surface area contributed by atoms with Gasteiger partial charge in [-0.2, -0.15) is 11.3 Å². The van der Waals surface area contributed by atoms with Gasteiger partial charge in [-0.15, -0.1) is 0 Å². The summed E-state index contributed by atoms with van der Waals surface area (Å²) in [6.45, 7) is 1.39. The molecule has 23 heavy (non-hydrogen) atoms. The molecule has 1 heterocycles. The number of rotatable bonds is 9. The molecule has 1 aromatic heterocycles. The zero-order valence-corrected chi connectivity index (χ0v) is 13.6. The zero-order valence-electron chi connectivity index (χ0n) is 12.8. The maximum atomic E-state index is 11.7. The number of thiophene rings is 1. The van der Waals surface area contributed by atoms with Crippen LogP contribution in [0.5, 0.6) is 5.75 Å². The summed E-state index contributed by atoms with van der Waals surface area (Å²) in [4.78, 5) is 23.3. The third kappa shape index (κ3) is 6.52. The fourth-order valence-corrected chi connectivity index (χ4v) is 2.55. The molecule has 0 saturated heterocycles. The molecular weight excluding hydrogens is 312 g/mol. The van der Waals surface area contributed by atoms with Crippen molar-refractivity contribution in [3.8, 4) is 5.75 Å². The summed E-state index contributed by atoms with van der Waals surface area (Å²) in [6.07, 6.45) is 0.997. The van der Waals surface area contributed by atoms with Crippen LogP contribution in [0.1, 0.15) is 23.2 Å². The Morgan fingerprint density at radius 2 is 1.87 bits per heavy atom. The quantitative estimate of drug-likeness (QED) is 0.693. The summed E-state index contributed by atoms with van der Waals surface area (Å²) in [5, 5.41) is 9.25. The highest BCUT2D eigenvalue weighted by Gasteiger charge is 2.05. The van der Waals surface area contributed by atoms with Crippen LogP contribution < -0.4 is 15.4 Å². The van der Waals surface area contributed by atoms with E-state index < -0.39 is 0 Å². The molecule has 2 N–H and O–H groups in total. The molecule has 6 heteroatoms. The molecular formula is C17H20N2O3S. The summed E-state index contributed by atoms with van der Waals surface area (Å²) in [5.41, 5.74) is 0.664. The fourth-order valence-electron chi connectivity index (χ4n) is 1.91. The van der Waals surface area contributed by atoms with Crippen molar-refractivity contribution in [3.05, 3.63) is 52.7 Å². The van der Waals surface area contributed by atoms with Crippen LogP contribution in [0.4, 0.5) is 0 Å². The zero-order chi connectivity index (χ0) is 16.3. The van der Waals surface area contributed by atoms with Gasteiger partial charge >= 0.3 is 0 Å². The molecule has 2 rings (SSSR count). The topological polar surface area (TPSA) is 67.4 Å². The summed E-state index contributed by atoms with van der Waals surface area (Å²) >= 11 is 1.48. The van der Waals surface area contributed by atoms with Gasteiger partial charge in [-0.3, -0.25) is 9.59 Å². The van der Waals surface area contributed by atoms with Crippen LogP contribution in [0.2, 0.25) is 0 Å². The van der Waals surface area contributed by atoms with E-state index >= 15 is 0 Å². The van der Waals surface area contributed by atoms with E-state index in [9.17, 15) is 9.59 Å². The molecule has 0 aliphatic heterocycles. The highest BCUT2D eigenvalue weighted by Crippen LogP contribution is 2.07. The largest absolute Gasteiger partial charge is 0.492 e. The molecule has 0 aliphatic rings. The van der Waals surface area contributed by atoms with E-state index in [1.807, 2.05) is 35.7 Å². The monoisotopic (exact) mass is 332 g/mol. The maximum absolute atomic E-state index is 11.7. The third-order valence-corrected chi connectivity index (χ3v) is 3.77. The van der Waals surface area contributed by atoms with Gasteiger partial charge in [0, 0.05) is 23.9 Å². The third-order valence-electron chi connectivity index (χ3n) is 3.09. The van der Waals surface area contributed by atoms with Crippen molar-refractivity contribution in [2.75, 3.05) is 19.7 Å². The van der Waals surface area contributed by atoms with Gasteiger partial charge in [-0.05, 0) is 30.0 Å². The molecule has 0 aliphatic carbocycles. The second kappa shape index (κ2) is 9.63. The van der Waals surface area contributed by atoms with Crippen molar-refractivity contribution >= 4 is 23.2 Å². The van der Waals surface area contributed by atoms with Crippen LogP contribution in [0.15, 0.2) is 47.2 Å². The van der Waals surface area contributed by atoms with Crippen molar-refractivity contribution < 1.29 is 14.3 Å². The van der Waals surface area contributed by atoms with Crippen LogP contribution in [0, 0.1) is 0 Å². The lowest BCUT2D eigenvalue weighted by molar-refractivity contribution is -0.121. The first-order valence-electron chi connectivity index (χ1n) is 7.50. The summed E-state index contributed by atoms with van der Waals surface area (Å²) in [7, 11) is 0. The van der Waals surface area contributed by atoms with Crippen LogP contribution >= 0.6 is 11.3 Å². The van der Waals surface area contributed by atoms with Gasteiger partial charge in [0.15, 0.2) is 0 Å². The number of ether oxygens (including phenoxy) is 1. The minimum absolute atomic E-state index is 0.0357. The number of carbonyl (C=O) groups is 2. The Kier molecular flexibility index (Phi) is 7.13. The number of hydrogen-bond acceptors (Lipinski definition) is 4. The van der Waals surface area contributed by atoms with E-state index in [1.54, 1.807) is 11.4 Å². The van der Waals surface area contributed by atoms with Gasteiger partial charge in [0.25, 0.3) is 5.91 Å². The molecule has 122 valence electrons. The van der Waals surface area contributed by atoms with Gasteiger partial charge in [0.05, 0.1) is 6.54 Å². The number of benzene rings is 1. The molecule has 5 nitrogen and oxygen atoms in total. The standard InChI is InChI=1S/C17H20N2O3S/c20-16(18-10-11-22-15-5-2-1-3-6-15)7-4-9-19-17(21)14-8-12-23-13-14/h1-3,5-6,8,12-13H,4,7,9-11H2,(H,18,20)(H,19,21). The minimum Gasteiger partial charge on any atom is -0.492 e. The second-order valence-electron chi connectivity index (χ2n) is 4.88. The van der Waals surface area contributed by atoms with E-state index in [0.29, 0.717) is 38.1 Å². The predicted molar refractivity (Wildman–Crippen MR) is 90.8 cm³/mol. The molecule has 2 amide bonds. The number of para-hydroxylation sites is 1. The Labute approximate surface area is 139 Å². The molecule has 1 aromatic carbocycles. The summed E-state index contributed by atoms with van der Waals surface area (Å²) < 4.78 is 5.48. The van der Waals surface area contributed by atoms with E-state index in [2.05, 4.69) is 10.6 Å². The average Bonchev–Trinajstić information content (AvgIpc) is 3.11. The first-order chi connectivity index (χ1) is 11.3. The normalized spacial score (nSPS) is 10.1. The first-order valence-corrected chi connectivity index (χ1v) is 8.45. The van der Waals surface area contributed by atoms with Gasteiger partial charge in [-0.1, -0.05) is 18.2 Å². The lowest BCUT2D eigenvalue weighted by Gasteiger charge is -2.08. The molecule has 0 saturated carbocycles. The number of nitrogens with one attached hydrogen (secondary N) is 2. The van der Waals surface area contributed by atoms with E-state index in [4.69, 9.17) is 4.74 Å². The SMILES string of the molecule is O=C(CCCNC(=O)c1ccsc1)NCCOc1ccccc1. The lowest BCUT2D eigenvalue weighted by atomic mass is 10.2. The molecule has 2 aromatic rings. The molecule has 0 radical (unpaired) electrons. The molecule has 0 bridgehead atoms. The number of amides is 2. The van der Waals surface area contributed by atoms with Crippen LogP contribution in [0.3, 0.4) is 0 Å². The summed E-state index contributed by atoms with van der Waals surface area (Å²) in [5.74, 6) is 0.659. The van der Waals surface area contributed by atoms with Crippen LogP contribution in [-0.2, 0) is 4.79 Å². The predicted octanol–water partition coefficient (Wildman–Crippen LogP) is 2.45. The van der Waals surface area contributed by atoms with Crippen molar-refractivity contribution in [2.24, 2.45) is 0 Å². The molecule has 0 spiro atoms. The van der Waals surface area contributed by atoms with Crippen LogP contribution in [0.25, 0.3) is 0 Å². The number of carbonyl (C=O) groups excluding carboxylic acids is 2. The summed E-state index contributed by atoms with van der Waals surface area (Å²) in [6, 6.07) is 11.2. The molecule has 0 fully saturated rings. The van der Waals surface area contributed by atoms with Gasteiger partial charge in [-0.25, -0.2) is 0 Å². The maximum Gasteiger partial charge on any atom is 0.252 e. The van der Waals surface area contributed by atoms with Crippen molar-refractivity contribution in [3.63, 3.8) is 0 Å². The Balaban J connectivity index is 1.49. The highest BCUT2D eigenvalue weighted by molar-refractivity contribution is 7.08. The second-order valence-corrected chi connectivity index (χ2v) is 5.66. The van der Waals surface area contributed by atoms with Gasteiger partial charge in [0.2, 0.25) is 5.91 Å². The molecule has 0 atom stereocenters. The average molecular weight is 332 g/mol. The minimum atomic E-state index is -0.0945. The smallest absolute Gasteiger partial charge is 0.252 e. The van der Waals surface area contributed by atoms with Crippen molar-refractivity contribution in [1.82, 2.24) is 10.6 Å². The Hall–Kier alpha value is -2.34. The van der Waals surface area contributed by atoms with Gasteiger partial charge < -0.3 is 15.4 Å². The van der Waals surface area contributed by atoms with E-state index in [1.165, 1.54) is 11.3 Å². The van der Waals surface area contributed by atoms with Crippen molar-refractivity contribution in [1.29, 1.82) is 0 Å². The first kappa shape index (κ1) is 17.0. The lowest BCUT2D eigenvalue weighted by Crippen LogP contribution is -2.29. The fraction of sp³-hybridized carbons (Fsp3) is 0.294. The van der Waals surface area contributed by atoms with Gasteiger partial charge in [0.1, 0.15) is 12.4 Å². The Morgan fingerprint density at radius 3 is 2.61 bits per heavy atom.